The van der Waals surface area contributed by atoms with Crippen molar-refractivity contribution >= 4 is 0 Å². The van der Waals surface area contributed by atoms with E-state index in [1.165, 1.54) is 5.56 Å². The highest BCUT2D eigenvalue weighted by molar-refractivity contribution is 5.63. The molecular weight excluding hydrogens is 298 g/mol. The molecule has 118 valence electrons. The first-order valence-electron chi connectivity index (χ1n) is 7.71. The molecule has 0 saturated carbocycles. The first kappa shape index (κ1) is 15.8. The Kier molecular flexibility index (Phi) is 4.90. The lowest BCUT2D eigenvalue weighted by Crippen LogP contribution is -1.99. The summed E-state index contributed by atoms with van der Waals surface area (Å²) in [5, 5.41) is 18.4. The molecule has 0 aliphatic rings. The topological polar surface area (TPSA) is 53.2 Å². The number of nitriles is 1. The quantitative estimate of drug-likeness (QED) is 0.764. The van der Waals surface area contributed by atoms with Crippen LogP contribution in [0.5, 0.6) is 5.75 Å². The number of aliphatic hydroxyl groups excluding tert-OH is 1. The summed E-state index contributed by atoms with van der Waals surface area (Å²) < 4.78 is 5.79. The molecule has 3 aromatic carbocycles. The van der Waals surface area contributed by atoms with Crippen LogP contribution in [0.4, 0.5) is 0 Å². The number of nitrogens with zero attached hydrogens (tertiary/aromatic N) is 1. The third kappa shape index (κ3) is 3.62. The number of rotatable bonds is 5. The van der Waals surface area contributed by atoms with Gasteiger partial charge in [0, 0.05) is 5.56 Å². The number of benzene rings is 3. The van der Waals surface area contributed by atoms with Gasteiger partial charge in [-0.1, -0.05) is 60.7 Å². The Labute approximate surface area is 141 Å². The lowest BCUT2D eigenvalue weighted by atomic mass is 10.0. The third-order valence-electron chi connectivity index (χ3n) is 3.82. The van der Waals surface area contributed by atoms with Gasteiger partial charge in [0.25, 0.3) is 0 Å². The van der Waals surface area contributed by atoms with Gasteiger partial charge in [0.05, 0.1) is 18.2 Å². The van der Waals surface area contributed by atoms with Crippen molar-refractivity contribution in [3.05, 3.63) is 89.5 Å². The maximum Gasteiger partial charge on any atom is 0.126 e. The zero-order valence-corrected chi connectivity index (χ0v) is 13.1. The van der Waals surface area contributed by atoms with Crippen LogP contribution < -0.4 is 4.74 Å². The second-order valence-corrected chi connectivity index (χ2v) is 5.44. The smallest absolute Gasteiger partial charge is 0.126 e. The SMILES string of the molecule is N#Cc1ccc(CO)c(OCc2ccc(-c3ccccc3)cc2)c1. The lowest BCUT2D eigenvalue weighted by molar-refractivity contribution is 0.259. The summed E-state index contributed by atoms with van der Waals surface area (Å²) in [6, 6.07) is 25.5. The van der Waals surface area contributed by atoms with Crippen LogP contribution >= 0.6 is 0 Å². The average molecular weight is 315 g/mol. The van der Waals surface area contributed by atoms with Crippen molar-refractivity contribution in [1.82, 2.24) is 0 Å². The van der Waals surface area contributed by atoms with E-state index in [4.69, 9.17) is 10.00 Å². The Hall–Kier alpha value is -3.09. The van der Waals surface area contributed by atoms with Gasteiger partial charge in [-0.2, -0.15) is 5.26 Å². The van der Waals surface area contributed by atoms with Gasteiger partial charge in [0.15, 0.2) is 0 Å². The summed E-state index contributed by atoms with van der Waals surface area (Å²) in [6.45, 7) is 0.269. The van der Waals surface area contributed by atoms with E-state index >= 15 is 0 Å². The molecule has 3 nitrogen and oxygen atoms in total. The van der Waals surface area contributed by atoms with Crippen LogP contribution in [-0.4, -0.2) is 5.11 Å². The van der Waals surface area contributed by atoms with Gasteiger partial charge in [-0.15, -0.1) is 0 Å². The maximum atomic E-state index is 9.38. The van der Waals surface area contributed by atoms with Gasteiger partial charge in [-0.05, 0) is 28.8 Å². The first-order chi connectivity index (χ1) is 11.8. The van der Waals surface area contributed by atoms with Gasteiger partial charge in [0.2, 0.25) is 0 Å². The number of hydrogen-bond acceptors (Lipinski definition) is 3. The van der Waals surface area contributed by atoms with Crippen LogP contribution in [0.1, 0.15) is 16.7 Å². The Bertz CT molecular complexity index is 849. The van der Waals surface area contributed by atoms with Crippen LogP contribution in [0.15, 0.2) is 72.8 Å². The van der Waals surface area contributed by atoms with Crippen LogP contribution in [0, 0.1) is 11.3 Å². The van der Waals surface area contributed by atoms with Crippen LogP contribution in [-0.2, 0) is 13.2 Å². The van der Waals surface area contributed by atoms with Gasteiger partial charge >= 0.3 is 0 Å². The molecule has 0 aromatic heterocycles. The number of hydrogen-bond donors (Lipinski definition) is 1. The number of aliphatic hydroxyl groups is 1. The van der Waals surface area contributed by atoms with Crippen LogP contribution in [0.3, 0.4) is 0 Å². The van der Waals surface area contributed by atoms with Crippen molar-refractivity contribution in [1.29, 1.82) is 5.26 Å². The third-order valence-corrected chi connectivity index (χ3v) is 3.82. The van der Waals surface area contributed by atoms with Crippen LogP contribution in [0.25, 0.3) is 11.1 Å². The van der Waals surface area contributed by atoms with E-state index in [9.17, 15) is 5.11 Å². The van der Waals surface area contributed by atoms with Crippen molar-refractivity contribution in [2.75, 3.05) is 0 Å². The second-order valence-electron chi connectivity index (χ2n) is 5.44. The van der Waals surface area contributed by atoms with E-state index in [0.29, 0.717) is 23.5 Å². The highest BCUT2D eigenvalue weighted by Gasteiger charge is 2.05. The molecule has 0 saturated heterocycles. The standard InChI is InChI=1S/C21H17NO2/c22-13-17-8-11-20(14-23)21(12-17)24-15-16-6-9-19(10-7-16)18-4-2-1-3-5-18/h1-12,23H,14-15H2. The highest BCUT2D eigenvalue weighted by atomic mass is 16.5. The minimum atomic E-state index is -0.117. The van der Waals surface area contributed by atoms with E-state index in [-0.39, 0.29) is 6.61 Å². The maximum absolute atomic E-state index is 9.38. The predicted octanol–water partition coefficient (Wildman–Crippen LogP) is 4.30. The van der Waals surface area contributed by atoms with Gasteiger partial charge in [-0.3, -0.25) is 0 Å². The molecule has 0 aliphatic carbocycles. The summed E-state index contributed by atoms with van der Waals surface area (Å²) in [5.74, 6) is 0.545. The Morgan fingerprint density at radius 1 is 0.875 bits per heavy atom. The Morgan fingerprint density at radius 3 is 2.25 bits per heavy atom. The molecule has 0 bridgehead atoms. The molecule has 0 heterocycles. The number of ether oxygens (including phenoxy) is 1. The van der Waals surface area contributed by atoms with Gasteiger partial charge in [-0.25, -0.2) is 0 Å². The Morgan fingerprint density at radius 2 is 1.58 bits per heavy atom. The minimum absolute atomic E-state index is 0.117. The molecule has 0 amide bonds. The van der Waals surface area contributed by atoms with Crippen molar-refractivity contribution in [2.24, 2.45) is 0 Å². The fourth-order valence-electron chi connectivity index (χ4n) is 2.47. The lowest BCUT2D eigenvalue weighted by Gasteiger charge is -2.11. The van der Waals surface area contributed by atoms with E-state index in [1.54, 1.807) is 18.2 Å². The molecule has 0 radical (unpaired) electrons. The molecule has 3 rings (SSSR count). The van der Waals surface area contributed by atoms with E-state index in [2.05, 4.69) is 30.3 Å². The van der Waals surface area contributed by atoms with E-state index < -0.39 is 0 Å². The van der Waals surface area contributed by atoms with E-state index in [0.717, 1.165) is 11.1 Å². The summed E-state index contributed by atoms with van der Waals surface area (Å²) in [5.41, 5.74) is 4.55. The molecule has 24 heavy (non-hydrogen) atoms. The van der Waals surface area contributed by atoms with Crippen molar-refractivity contribution in [3.8, 4) is 22.9 Å². The molecule has 3 heteroatoms. The highest BCUT2D eigenvalue weighted by Crippen LogP contribution is 2.23. The molecule has 1 N–H and O–H groups in total. The molecule has 0 aliphatic heterocycles. The molecule has 0 unspecified atom stereocenters. The first-order valence-corrected chi connectivity index (χ1v) is 7.71. The summed E-state index contributed by atoms with van der Waals surface area (Å²) in [7, 11) is 0. The summed E-state index contributed by atoms with van der Waals surface area (Å²) >= 11 is 0. The summed E-state index contributed by atoms with van der Waals surface area (Å²) in [6.07, 6.45) is 0. The van der Waals surface area contributed by atoms with Crippen LogP contribution in [0.2, 0.25) is 0 Å². The predicted molar refractivity (Wildman–Crippen MR) is 93.3 cm³/mol. The largest absolute Gasteiger partial charge is 0.488 e. The monoisotopic (exact) mass is 315 g/mol. The summed E-state index contributed by atoms with van der Waals surface area (Å²) in [4.78, 5) is 0. The van der Waals surface area contributed by atoms with Gasteiger partial charge in [0.1, 0.15) is 12.4 Å². The van der Waals surface area contributed by atoms with Crippen molar-refractivity contribution in [2.45, 2.75) is 13.2 Å². The zero-order chi connectivity index (χ0) is 16.8. The molecule has 0 spiro atoms. The van der Waals surface area contributed by atoms with Crippen molar-refractivity contribution < 1.29 is 9.84 Å². The molecule has 0 atom stereocenters. The van der Waals surface area contributed by atoms with E-state index in [1.807, 2.05) is 30.3 Å². The normalized spacial score (nSPS) is 10.2. The molecular formula is C21H17NO2. The second kappa shape index (κ2) is 7.45. The fourth-order valence-corrected chi connectivity index (χ4v) is 2.47. The zero-order valence-electron chi connectivity index (χ0n) is 13.1. The fraction of sp³-hybridized carbons (Fsp3) is 0.0952. The van der Waals surface area contributed by atoms with Gasteiger partial charge < -0.3 is 9.84 Å². The average Bonchev–Trinajstić information content (AvgIpc) is 2.67. The molecule has 0 fully saturated rings. The van der Waals surface area contributed by atoms with Crippen molar-refractivity contribution in [3.63, 3.8) is 0 Å². The molecule has 3 aromatic rings. The Balaban J connectivity index is 1.73. The minimum Gasteiger partial charge on any atom is -0.488 e.